The minimum Gasteiger partial charge on any atom is -0.462 e. The maximum Gasteiger partial charge on any atom is 0.363 e. The van der Waals surface area contributed by atoms with Crippen molar-refractivity contribution in [3.63, 3.8) is 0 Å². The molecule has 0 radical (unpaired) electrons. The van der Waals surface area contributed by atoms with Gasteiger partial charge in [0.05, 0.1) is 0 Å². The first-order valence-corrected chi connectivity index (χ1v) is 9.73. The highest BCUT2D eigenvalue weighted by Crippen LogP contribution is 2.23. The SMILES string of the molecule is Cc1ccc(/C=C2\N=C(c3ccc(C4=N/C(=C/c5ccc(C)o5)C(=O)O4)cc3)OC2=O)o1. The van der Waals surface area contributed by atoms with Crippen LogP contribution in [0.4, 0.5) is 0 Å². The average molecular weight is 428 g/mol. The standard InChI is InChI=1S/C24H16N2O6/c1-13-3-9-17(29-13)11-19-23(27)31-21(25-19)15-5-7-16(8-6-15)22-26-20(24(28)32-22)12-18-10-4-14(2)30-18/h3-12H,1-2H3/b19-11-,20-12+. The molecule has 0 aliphatic carbocycles. The quantitative estimate of drug-likeness (QED) is 0.456. The summed E-state index contributed by atoms with van der Waals surface area (Å²) in [6, 6.07) is 13.9. The lowest BCUT2D eigenvalue weighted by molar-refractivity contribution is -0.130. The number of hydrogen-bond donors (Lipinski definition) is 0. The van der Waals surface area contributed by atoms with E-state index >= 15 is 0 Å². The van der Waals surface area contributed by atoms with Crippen molar-refractivity contribution in [2.24, 2.45) is 9.98 Å². The number of furan rings is 2. The van der Waals surface area contributed by atoms with E-state index in [0.29, 0.717) is 22.6 Å². The zero-order valence-electron chi connectivity index (χ0n) is 17.1. The Kier molecular flexibility index (Phi) is 4.67. The Morgan fingerprint density at radius 1 is 0.625 bits per heavy atom. The first-order chi connectivity index (χ1) is 15.4. The molecule has 2 aliphatic rings. The predicted octanol–water partition coefficient (Wildman–Crippen LogP) is 4.18. The number of carbonyl (C=O) groups is 2. The minimum atomic E-state index is -0.560. The lowest BCUT2D eigenvalue weighted by Crippen LogP contribution is -2.07. The summed E-state index contributed by atoms with van der Waals surface area (Å²) in [5.74, 6) is 1.73. The second-order valence-corrected chi connectivity index (χ2v) is 7.15. The number of aliphatic imine (C=N–C) groups is 2. The number of hydrogen-bond acceptors (Lipinski definition) is 8. The number of aryl methyl sites for hydroxylation is 2. The van der Waals surface area contributed by atoms with Crippen LogP contribution in [0.1, 0.15) is 34.2 Å². The van der Waals surface area contributed by atoms with Gasteiger partial charge < -0.3 is 18.3 Å². The van der Waals surface area contributed by atoms with Gasteiger partial charge in [0.25, 0.3) is 0 Å². The van der Waals surface area contributed by atoms with Crippen molar-refractivity contribution in [2.75, 3.05) is 0 Å². The molecule has 0 bridgehead atoms. The van der Waals surface area contributed by atoms with Crippen LogP contribution in [0.5, 0.6) is 0 Å². The van der Waals surface area contributed by atoms with Crippen LogP contribution >= 0.6 is 0 Å². The molecule has 3 aromatic rings. The Balaban J connectivity index is 1.36. The van der Waals surface area contributed by atoms with Crippen LogP contribution in [0.2, 0.25) is 0 Å². The fourth-order valence-electron chi connectivity index (χ4n) is 3.15. The Labute approximate surface area is 182 Å². The van der Waals surface area contributed by atoms with Gasteiger partial charge >= 0.3 is 11.9 Å². The van der Waals surface area contributed by atoms with Crippen molar-refractivity contribution >= 4 is 35.9 Å². The van der Waals surface area contributed by atoms with Crippen LogP contribution in [-0.2, 0) is 19.1 Å². The fraction of sp³-hybridized carbons (Fsp3) is 0.0833. The summed E-state index contributed by atoms with van der Waals surface area (Å²) in [6.07, 6.45) is 3.05. The number of rotatable bonds is 4. The molecule has 1 aromatic carbocycles. The number of cyclic esters (lactones) is 2. The zero-order valence-corrected chi connectivity index (χ0v) is 17.1. The Morgan fingerprint density at radius 2 is 1.03 bits per heavy atom. The Morgan fingerprint density at radius 3 is 1.38 bits per heavy atom. The molecule has 0 saturated carbocycles. The van der Waals surface area contributed by atoms with Crippen molar-refractivity contribution in [3.8, 4) is 0 Å². The number of ether oxygens (including phenoxy) is 2. The fourth-order valence-corrected chi connectivity index (χ4v) is 3.15. The molecule has 2 aliphatic heterocycles. The lowest BCUT2D eigenvalue weighted by atomic mass is 10.1. The summed E-state index contributed by atoms with van der Waals surface area (Å²) < 4.78 is 21.4. The monoisotopic (exact) mass is 428 g/mol. The summed E-state index contributed by atoms with van der Waals surface area (Å²) >= 11 is 0. The second-order valence-electron chi connectivity index (χ2n) is 7.15. The Bertz CT molecular complexity index is 1260. The molecule has 2 aromatic heterocycles. The maximum atomic E-state index is 12.1. The maximum absolute atomic E-state index is 12.1. The molecule has 0 saturated heterocycles. The van der Waals surface area contributed by atoms with Gasteiger partial charge in [-0.25, -0.2) is 19.6 Å². The molecule has 158 valence electrons. The molecule has 0 fully saturated rings. The van der Waals surface area contributed by atoms with E-state index in [4.69, 9.17) is 18.3 Å². The number of benzene rings is 1. The molecule has 0 amide bonds. The molecule has 0 N–H and O–H groups in total. The van der Waals surface area contributed by atoms with E-state index in [2.05, 4.69) is 9.98 Å². The van der Waals surface area contributed by atoms with Crippen molar-refractivity contribution < 1.29 is 27.9 Å². The van der Waals surface area contributed by atoms with Gasteiger partial charge in [0.1, 0.15) is 23.0 Å². The van der Waals surface area contributed by atoms with Gasteiger partial charge in [-0.3, -0.25) is 0 Å². The molecule has 5 rings (SSSR count). The van der Waals surface area contributed by atoms with Crippen LogP contribution in [0, 0.1) is 13.8 Å². The normalized spacial score (nSPS) is 18.2. The van der Waals surface area contributed by atoms with Gasteiger partial charge in [-0.1, -0.05) is 0 Å². The third kappa shape index (κ3) is 3.81. The molecular formula is C24H16N2O6. The highest BCUT2D eigenvalue weighted by Gasteiger charge is 2.27. The topological polar surface area (TPSA) is 104 Å². The van der Waals surface area contributed by atoms with E-state index in [-0.39, 0.29) is 23.2 Å². The van der Waals surface area contributed by atoms with E-state index in [1.807, 2.05) is 13.8 Å². The average Bonchev–Trinajstić information content (AvgIpc) is 3.54. The van der Waals surface area contributed by atoms with E-state index in [1.165, 1.54) is 12.2 Å². The van der Waals surface area contributed by atoms with Crippen molar-refractivity contribution in [1.29, 1.82) is 0 Å². The first kappa shape index (κ1) is 19.5. The predicted molar refractivity (Wildman–Crippen MR) is 115 cm³/mol. The Hall–Kier alpha value is -4.46. The molecule has 32 heavy (non-hydrogen) atoms. The summed E-state index contributed by atoms with van der Waals surface area (Å²) in [4.78, 5) is 32.8. The second kappa shape index (κ2) is 7.66. The van der Waals surface area contributed by atoms with E-state index in [1.54, 1.807) is 48.5 Å². The van der Waals surface area contributed by atoms with Crippen molar-refractivity contribution in [1.82, 2.24) is 0 Å². The minimum absolute atomic E-state index is 0.149. The highest BCUT2D eigenvalue weighted by molar-refractivity contribution is 6.14. The van der Waals surface area contributed by atoms with Crippen LogP contribution in [0.15, 0.2) is 78.7 Å². The lowest BCUT2D eigenvalue weighted by Gasteiger charge is -2.02. The molecule has 0 spiro atoms. The van der Waals surface area contributed by atoms with Crippen molar-refractivity contribution in [3.05, 3.63) is 94.1 Å². The van der Waals surface area contributed by atoms with E-state index in [0.717, 1.165) is 11.5 Å². The van der Waals surface area contributed by atoms with Gasteiger partial charge in [-0.2, -0.15) is 0 Å². The van der Waals surface area contributed by atoms with Crippen LogP contribution in [0.3, 0.4) is 0 Å². The van der Waals surface area contributed by atoms with Crippen molar-refractivity contribution in [2.45, 2.75) is 13.8 Å². The van der Waals surface area contributed by atoms with Gasteiger partial charge in [0, 0.05) is 23.3 Å². The van der Waals surface area contributed by atoms with Gasteiger partial charge in [-0.15, -0.1) is 0 Å². The zero-order chi connectivity index (χ0) is 22.2. The largest absolute Gasteiger partial charge is 0.462 e. The molecule has 0 unspecified atom stereocenters. The third-order valence-electron chi connectivity index (χ3n) is 4.70. The number of carbonyl (C=O) groups excluding carboxylic acids is 2. The number of esters is 2. The third-order valence-corrected chi connectivity index (χ3v) is 4.70. The van der Waals surface area contributed by atoms with Crippen LogP contribution < -0.4 is 0 Å². The number of nitrogens with zero attached hydrogens (tertiary/aromatic N) is 2. The molecule has 8 nitrogen and oxygen atoms in total. The molecule has 4 heterocycles. The highest BCUT2D eigenvalue weighted by atomic mass is 16.6. The van der Waals surface area contributed by atoms with E-state index < -0.39 is 11.9 Å². The summed E-state index contributed by atoms with van der Waals surface area (Å²) in [5, 5.41) is 0. The van der Waals surface area contributed by atoms with Crippen LogP contribution in [0.25, 0.3) is 12.2 Å². The molecular weight excluding hydrogens is 412 g/mol. The van der Waals surface area contributed by atoms with Crippen LogP contribution in [-0.4, -0.2) is 23.7 Å². The first-order valence-electron chi connectivity index (χ1n) is 9.73. The summed E-state index contributed by atoms with van der Waals surface area (Å²) in [5.41, 5.74) is 1.48. The van der Waals surface area contributed by atoms with E-state index in [9.17, 15) is 9.59 Å². The smallest absolute Gasteiger partial charge is 0.363 e. The summed E-state index contributed by atoms with van der Waals surface area (Å²) in [7, 11) is 0. The molecule has 0 atom stereocenters. The van der Waals surface area contributed by atoms with Gasteiger partial charge in [-0.05, 0) is 62.4 Å². The summed E-state index contributed by atoms with van der Waals surface area (Å²) in [6.45, 7) is 3.63. The van der Waals surface area contributed by atoms with Gasteiger partial charge in [0.2, 0.25) is 11.8 Å². The van der Waals surface area contributed by atoms with Gasteiger partial charge in [0.15, 0.2) is 11.4 Å². The molecule has 8 heteroatoms.